The van der Waals surface area contributed by atoms with Gasteiger partial charge in [-0.1, -0.05) is 145 Å². The Kier molecular flexibility index (Phi) is 9.80. The molecule has 0 radical (unpaired) electrons. The molecule has 5 rings (SSSR count). The molecule has 2 nitrogen and oxygen atoms in total. The van der Waals surface area contributed by atoms with Crippen molar-refractivity contribution in [1.29, 1.82) is 0 Å². The highest BCUT2D eigenvalue weighted by Gasteiger charge is 2.16. The van der Waals surface area contributed by atoms with Crippen molar-refractivity contribution in [3.05, 3.63) is 167 Å². The number of allylic oxidation sites excluding steroid dienone is 1. The van der Waals surface area contributed by atoms with E-state index in [1.807, 2.05) is 6.20 Å². The maximum atomic E-state index is 4.79. The Morgan fingerprint density at radius 3 is 1.98 bits per heavy atom. The van der Waals surface area contributed by atoms with E-state index in [2.05, 4.69) is 151 Å². The molecule has 0 spiro atoms. The van der Waals surface area contributed by atoms with Gasteiger partial charge in [0.2, 0.25) is 7.28 Å². The second kappa shape index (κ2) is 14.3. The van der Waals surface area contributed by atoms with Gasteiger partial charge in [0.05, 0.1) is 15.2 Å². The third-order valence-corrected chi connectivity index (χ3v) is 9.17. The first-order chi connectivity index (χ1) is 19.8. The molecular formula is C36H37BN2Si. The zero-order valence-electron chi connectivity index (χ0n) is 23.4. The van der Waals surface area contributed by atoms with Crippen LogP contribution in [-0.2, 0) is 6.17 Å². The molecular weight excluding hydrogens is 499 g/mol. The van der Waals surface area contributed by atoms with Crippen LogP contribution in [0, 0.1) is 0 Å². The van der Waals surface area contributed by atoms with Crippen LogP contribution in [0.1, 0.15) is 47.9 Å². The van der Waals surface area contributed by atoms with Crippen LogP contribution in [0.3, 0.4) is 0 Å². The molecule has 4 heteroatoms. The van der Waals surface area contributed by atoms with Crippen LogP contribution in [0.2, 0.25) is 0 Å². The molecule has 0 atom stereocenters. The van der Waals surface area contributed by atoms with Crippen LogP contribution in [-0.4, -0.2) is 26.4 Å². The lowest BCUT2D eigenvalue weighted by Gasteiger charge is -2.20. The van der Waals surface area contributed by atoms with Crippen molar-refractivity contribution in [3.63, 3.8) is 0 Å². The lowest BCUT2D eigenvalue weighted by molar-refractivity contribution is 0.771. The summed E-state index contributed by atoms with van der Waals surface area (Å²) in [4.78, 5) is 4.79. The second-order valence-electron chi connectivity index (χ2n) is 10.2. The van der Waals surface area contributed by atoms with E-state index in [9.17, 15) is 0 Å². The zero-order valence-corrected chi connectivity index (χ0v) is 24.8. The average molecular weight is 537 g/mol. The van der Waals surface area contributed by atoms with Crippen molar-refractivity contribution >= 4 is 34.1 Å². The molecule has 4 aromatic carbocycles. The van der Waals surface area contributed by atoms with Gasteiger partial charge in [0.15, 0.2) is 0 Å². The summed E-state index contributed by atoms with van der Waals surface area (Å²) in [5, 5.41) is 0. The molecule has 0 aliphatic rings. The highest BCUT2D eigenvalue weighted by molar-refractivity contribution is 6.73. The molecule has 198 valence electrons. The standard InChI is InChI=1S/C36H37BN2Si/c1-2-29(25-34(31-17-9-4-10-18-31)32-19-11-5-12-20-32)27-40-28-39-24-23-38-36(39)37-35(33-21-13-6-14-22-33)26-30-15-7-3-8-16-30/h3-24,26-27,34,37H,2,25,28,40H2,1H3. The van der Waals surface area contributed by atoms with Gasteiger partial charge in [0.25, 0.3) is 0 Å². The summed E-state index contributed by atoms with van der Waals surface area (Å²) >= 11 is 0. The smallest absolute Gasteiger partial charge is 0.239 e. The SMILES string of the molecule is CCC(=C[SiH2]Cn1ccnc1BC(=Cc1ccccc1)c1ccccc1)CC(c1ccccc1)c1ccccc1. The van der Waals surface area contributed by atoms with E-state index < -0.39 is 9.52 Å². The predicted molar refractivity (Wildman–Crippen MR) is 176 cm³/mol. The average Bonchev–Trinajstić information content (AvgIpc) is 3.47. The highest BCUT2D eigenvalue weighted by Crippen LogP contribution is 2.31. The number of aromatic nitrogens is 2. The van der Waals surface area contributed by atoms with Gasteiger partial charge in [-0.05, 0) is 35.1 Å². The van der Waals surface area contributed by atoms with E-state index >= 15 is 0 Å². The van der Waals surface area contributed by atoms with E-state index in [1.165, 1.54) is 27.7 Å². The van der Waals surface area contributed by atoms with Crippen molar-refractivity contribution in [1.82, 2.24) is 9.55 Å². The summed E-state index contributed by atoms with van der Waals surface area (Å²) in [6.45, 7) is 2.30. The summed E-state index contributed by atoms with van der Waals surface area (Å²) in [5.41, 5.74) is 11.8. The molecule has 0 fully saturated rings. The number of hydrogen-bond acceptors (Lipinski definition) is 1. The minimum atomic E-state index is -0.452. The molecule has 0 aliphatic heterocycles. The van der Waals surface area contributed by atoms with Gasteiger partial charge >= 0.3 is 0 Å². The third-order valence-electron chi connectivity index (χ3n) is 7.56. The van der Waals surface area contributed by atoms with Gasteiger partial charge in [-0.15, -0.1) is 5.70 Å². The third kappa shape index (κ3) is 7.49. The molecule has 0 bridgehead atoms. The lowest BCUT2D eigenvalue weighted by atomic mass is 9.65. The van der Waals surface area contributed by atoms with E-state index in [0.29, 0.717) is 5.92 Å². The van der Waals surface area contributed by atoms with Gasteiger partial charge in [0, 0.05) is 24.5 Å². The Bertz CT molecular complexity index is 1470. The van der Waals surface area contributed by atoms with Gasteiger partial charge < -0.3 is 4.57 Å². The van der Waals surface area contributed by atoms with Crippen LogP contribution in [0.4, 0.5) is 0 Å². The number of imidazole rings is 1. The highest BCUT2D eigenvalue weighted by atomic mass is 28.2. The molecule has 0 saturated carbocycles. The van der Waals surface area contributed by atoms with Crippen LogP contribution >= 0.6 is 0 Å². The molecule has 0 N–H and O–H groups in total. The van der Waals surface area contributed by atoms with Crippen LogP contribution < -0.4 is 5.72 Å². The molecule has 1 heterocycles. The molecule has 0 amide bonds. The number of hydrogen-bond donors (Lipinski definition) is 0. The van der Waals surface area contributed by atoms with Crippen LogP contribution in [0.5, 0.6) is 0 Å². The quantitative estimate of drug-likeness (QED) is 0.127. The Morgan fingerprint density at radius 1 is 0.800 bits per heavy atom. The normalized spacial score (nSPS) is 12.3. The zero-order chi connectivity index (χ0) is 27.4. The maximum Gasteiger partial charge on any atom is 0.239 e. The fourth-order valence-corrected chi connectivity index (χ4v) is 7.04. The van der Waals surface area contributed by atoms with Crippen molar-refractivity contribution in [2.24, 2.45) is 0 Å². The van der Waals surface area contributed by atoms with Crippen LogP contribution in [0.25, 0.3) is 11.5 Å². The fourth-order valence-electron chi connectivity index (χ4n) is 5.36. The van der Waals surface area contributed by atoms with Crippen LogP contribution in [0.15, 0.2) is 145 Å². The first-order valence-corrected chi connectivity index (χ1v) is 16.2. The van der Waals surface area contributed by atoms with E-state index in [-0.39, 0.29) is 0 Å². The number of rotatable bonds is 12. The molecule has 0 unspecified atom stereocenters. The minimum absolute atomic E-state index is 0.392. The summed E-state index contributed by atoms with van der Waals surface area (Å²) < 4.78 is 2.38. The molecule has 0 aliphatic carbocycles. The Hall–Kier alpha value is -4.15. The summed E-state index contributed by atoms with van der Waals surface area (Å²) in [6, 6.07) is 43.2. The van der Waals surface area contributed by atoms with E-state index in [4.69, 9.17) is 4.98 Å². The van der Waals surface area contributed by atoms with Gasteiger partial charge in [-0.2, -0.15) is 0 Å². The lowest BCUT2D eigenvalue weighted by Crippen LogP contribution is -2.29. The maximum absolute atomic E-state index is 4.79. The largest absolute Gasteiger partial charge is 0.346 e. The summed E-state index contributed by atoms with van der Waals surface area (Å²) in [5.74, 6) is 0.392. The van der Waals surface area contributed by atoms with Crippen molar-refractivity contribution in [2.45, 2.75) is 31.9 Å². The Morgan fingerprint density at radius 2 is 1.38 bits per heavy atom. The molecule has 40 heavy (non-hydrogen) atoms. The monoisotopic (exact) mass is 536 g/mol. The fraction of sp³-hybridized carbons (Fsp3) is 0.139. The Balaban J connectivity index is 1.31. The van der Waals surface area contributed by atoms with Gasteiger partial charge in [0.1, 0.15) is 0 Å². The molecule has 5 aromatic rings. The van der Waals surface area contributed by atoms with Crippen molar-refractivity contribution in [3.8, 4) is 0 Å². The second-order valence-corrected chi connectivity index (χ2v) is 11.7. The number of benzene rings is 4. The van der Waals surface area contributed by atoms with E-state index in [0.717, 1.165) is 32.0 Å². The minimum Gasteiger partial charge on any atom is -0.346 e. The predicted octanol–water partition coefficient (Wildman–Crippen LogP) is 6.79. The van der Waals surface area contributed by atoms with Gasteiger partial charge in [-0.3, -0.25) is 4.98 Å². The summed E-state index contributed by atoms with van der Waals surface area (Å²) in [7, 11) is 0.362. The summed E-state index contributed by atoms with van der Waals surface area (Å²) in [6.07, 6.45) is 9.65. The number of nitrogens with zero attached hydrogens (tertiary/aromatic N) is 2. The van der Waals surface area contributed by atoms with Crippen molar-refractivity contribution in [2.75, 3.05) is 0 Å². The van der Waals surface area contributed by atoms with Crippen molar-refractivity contribution < 1.29 is 0 Å². The first kappa shape index (κ1) is 27.4. The molecule has 1 aromatic heterocycles. The Labute approximate surface area is 242 Å². The van der Waals surface area contributed by atoms with E-state index in [1.54, 1.807) is 5.57 Å². The topological polar surface area (TPSA) is 17.8 Å². The molecule has 0 saturated heterocycles. The van der Waals surface area contributed by atoms with Gasteiger partial charge in [-0.25, -0.2) is 0 Å². The first-order valence-electron chi connectivity index (χ1n) is 14.4.